The quantitative estimate of drug-likeness (QED) is 0.557. The van der Waals surface area contributed by atoms with Gasteiger partial charge in [0.05, 0.1) is 24.4 Å². The third-order valence-corrected chi connectivity index (χ3v) is 6.93. The molecule has 10 nitrogen and oxygen atoms in total. The number of carbonyl (C=O) groups is 2. The molecule has 2 aliphatic rings. The number of amides is 2. The van der Waals surface area contributed by atoms with Crippen LogP contribution in [0, 0.1) is 6.92 Å². The number of fused-ring (bicyclic) bond motifs is 1. The van der Waals surface area contributed by atoms with Crippen molar-refractivity contribution >= 4 is 23.2 Å². The van der Waals surface area contributed by atoms with E-state index in [-0.39, 0.29) is 29.9 Å². The van der Waals surface area contributed by atoms with E-state index in [2.05, 4.69) is 30.7 Å². The average Bonchev–Trinajstić information content (AvgIpc) is 3.56. The molecule has 0 radical (unpaired) electrons. The number of thiazole rings is 1. The molecule has 2 N–H and O–H groups in total. The molecular formula is C22H24N6O4S. The number of aryl methyl sites for hydroxylation is 1. The molecule has 2 aromatic heterocycles. The number of ether oxygens (including phenoxy) is 1. The summed E-state index contributed by atoms with van der Waals surface area (Å²) in [4.78, 5) is 31.9. The van der Waals surface area contributed by atoms with Crippen molar-refractivity contribution in [3.8, 4) is 17.2 Å². The number of carbonyl (C=O) groups excluding carboxylic acids is 2. The van der Waals surface area contributed by atoms with E-state index < -0.39 is 0 Å². The van der Waals surface area contributed by atoms with Crippen LogP contribution in [-0.2, 0) is 11.2 Å². The summed E-state index contributed by atoms with van der Waals surface area (Å²) in [5.41, 5.74) is 0.812. The third kappa shape index (κ3) is 4.46. The van der Waals surface area contributed by atoms with Crippen molar-refractivity contribution in [1.82, 2.24) is 30.7 Å². The Labute approximate surface area is 194 Å². The summed E-state index contributed by atoms with van der Waals surface area (Å²) < 4.78 is 11.1. The monoisotopic (exact) mass is 468 g/mol. The molecule has 11 heteroatoms. The molecule has 0 spiro atoms. The maximum Gasteiger partial charge on any atom is 0.263 e. The molecule has 2 aliphatic heterocycles. The summed E-state index contributed by atoms with van der Waals surface area (Å²) in [6.07, 6.45) is 2.66. The van der Waals surface area contributed by atoms with Crippen LogP contribution in [0.4, 0.5) is 0 Å². The van der Waals surface area contributed by atoms with E-state index in [4.69, 9.17) is 9.15 Å². The van der Waals surface area contributed by atoms with Crippen LogP contribution in [-0.4, -0.2) is 70.2 Å². The predicted molar refractivity (Wildman–Crippen MR) is 120 cm³/mol. The van der Waals surface area contributed by atoms with Gasteiger partial charge < -0.3 is 19.8 Å². The Morgan fingerprint density at radius 1 is 1.33 bits per heavy atom. The molecule has 0 bridgehead atoms. The molecule has 33 heavy (non-hydrogen) atoms. The lowest BCUT2D eigenvalue weighted by Crippen LogP contribution is -2.58. The van der Waals surface area contributed by atoms with Crippen molar-refractivity contribution in [2.24, 2.45) is 0 Å². The largest absolute Gasteiger partial charge is 0.497 e. The number of nitrogens with zero attached hydrogens (tertiary/aromatic N) is 4. The number of hydrogen-bond donors (Lipinski definition) is 2. The summed E-state index contributed by atoms with van der Waals surface area (Å²) >= 11 is 1.36. The average molecular weight is 469 g/mol. The van der Waals surface area contributed by atoms with Gasteiger partial charge in [-0.2, -0.15) is 0 Å². The molecule has 2 amide bonds. The minimum Gasteiger partial charge on any atom is -0.497 e. The van der Waals surface area contributed by atoms with E-state index in [1.165, 1.54) is 11.3 Å². The number of hydrogen-bond acceptors (Lipinski definition) is 9. The number of nitrogens with one attached hydrogen (secondary N) is 2. The highest BCUT2D eigenvalue weighted by Gasteiger charge is 2.44. The molecule has 3 aromatic rings. The third-order valence-electron chi connectivity index (χ3n) is 6.02. The van der Waals surface area contributed by atoms with Gasteiger partial charge >= 0.3 is 0 Å². The lowest BCUT2D eigenvalue weighted by atomic mass is 10.1. The second-order valence-electron chi connectivity index (χ2n) is 8.19. The Balaban J connectivity index is 1.25. The molecule has 0 unspecified atom stereocenters. The first-order valence-electron chi connectivity index (χ1n) is 10.7. The Morgan fingerprint density at radius 3 is 2.88 bits per heavy atom. The highest BCUT2D eigenvalue weighted by Crippen LogP contribution is 2.27. The molecule has 172 valence electrons. The van der Waals surface area contributed by atoms with E-state index in [1.807, 2.05) is 31.2 Å². The molecule has 2 fully saturated rings. The molecule has 3 atom stereocenters. The van der Waals surface area contributed by atoms with Crippen molar-refractivity contribution in [2.45, 2.75) is 37.9 Å². The van der Waals surface area contributed by atoms with Gasteiger partial charge in [-0.15, -0.1) is 21.5 Å². The van der Waals surface area contributed by atoms with Crippen molar-refractivity contribution in [2.75, 3.05) is 20.2 Å². The Morgan fingerprint density at radius 2 is 2.15 bits per heavy atom. The van der Waals surface area contributed by atoms with Gasteiger partial charge in [0.1, 0.15) is 10.6 Å². The molecule has 1 aromatic carbocycles. The molecule has 4 heterocycles. The normalized spacial score (nSPS) is 22.6. The second kappa shape index (κ2) is 8.91. The highest BCUT2D eigenvalue weighted by atomic mass is 32.1. The van der Waals surface area contributed by atoms with Crippen LogP contribution in [0.1, 0.15) is 27.0 Å². The number of piperazine rings is 1. The molecule has 2 saturated heterocycles. The fourth-order valence-electron chi connectivity index (χ4n) is 4.38. The van der Waals surface area contributed by atoms with E-state index >= 15 is 0 Å². The number of aromatic nitrogens is 3. The van der Waals surface area contributed by atoms with Crippen LogP contribution in [0.25, 0.3) is 11.5 Å². The minimum absolute atomic E-state index is 0.00409. The Bertz CT molecular complexity index is 1160. The predicted octanol–water partition coefficient (Wildman–Crippen LogP) is 1.42. The van der Waals surface area contributed by atoms with Gasteiger partial charge in [0.25, 0.3) is 5.91 Å². The zero-order valence-corrected chi connectivity index (χ0v) is 19.1. The minimum atomic E-state index is -0.291. The van der Waals surface area contributed by atoms with Gasteiger partial charge in [-0.25, -0.2) is 4.98 Å². The van der Waals surface area contributed by atoms with E-state index in [0.717, 1.165) is 16.3 Å². The first kappa shape index (κ1) is 21.5. The fraction of sp³-hybridized carbons (Fsp3) is 0.409. The van der Waals surface area contributed by atoms with Gasteiger partial charge in [-0.05, 0) is 37.6 Å². The van der Waals surface area contributed by atoms with Crippen molar-refractivity contribution in [3.63, 3.8) is 0 Å². The Hall–Kier alpha value is -3.31. The lowest BCUT2D eigenvalue weighted by molar-refractivity contribution is -0.129. The van der Waals surface area contributed by atoms with Crippen LogP contribution in [0.15, 0.2) is 34.9 Å². The molecule has 0 saturated carbocycles. The van der Waals surface area contributed by atoms with E-state index in [0.29, 0.717) is 42.6 Å². The smallest absolute Gasteiger partial charge is 0.263 e. The molecule has 5 rings (SSSR count). The van der Waals surface area contributed by atoms with Crippen LogP contribution in [0.5, 0.6) is 5.75 Å². The van der Waals surface area contributed by atoms with Crippen molar-refractivity contribution in [3.05, 3.63) is 46.2 Å². The summed E-state index contributed by atoms with van der Waals surface area (Å²) in [5, 5.41) is 15.3. The first-order valence-corrected chi connectivity index (χ1v) is 11.6. The topological polar surface area (TPSA) is 122 Å². The zero-order chi connectivity index (χ0) is 22.9. The first-order chi connectivity index (χ1) is 16.0. The maximum atomic E-state index is 12.6. The summed E-state index contributed by atoms with van der Waals surface area (Å²) in [6, 6.07) is 7.01. The van der Waals surface area contributed by atoms with Gasteiger partial charge in [-0.1, -0.05) is 0 Å². The number of rotatable bonds is 6. The van der Waals surface area contributed by atoms with E-state index in [9.17, 15) is 9.59 Å². The standard InChI is InChI=1S/C22H24N6O4S/c1-12-23-10-18(33-12)21(30)25-14-7-17-20(29)24-9-15(28(17)11-14)8-19-26-27-22(32-19)13-3-5-16(31-2)6-4-13/h3-6,10,14-15,17H,7-9,11H2,1-2H3,(H,24,29)(H,25,30)/t14-,15+,17-/m0/s1. The van der Waals surface area contributed by atoms with Gasteiger partial charge in [0.15, 0.2) is 0 Å². The summed E-state index contributed by atoms with van der Waals surface area (Å²) in [5.74, 6) is 1.54. The lowest BCUT2D eigenvalue weighted by Gasteiger charge is -2.36. The fourth-order valence-corrected chi connectivity index (χ4v) is 5.06. The van der Waals surface area contributed by atoms with Crippen LogP contribution in [0.3, 0.4) is 0 Å². The summed E-state index contributed by atoms with van der Waals surface area (Å²) in [6.45, 7) is 2.94. The van der Waals surface area contributed by atoms with Gasteiger partial charge in [0.2, 0.25) is 17.7 Å². The number of methoxy groups -OCH3 is 1. The SMILES string of the molecule is COc1ccc(-c2nnc(C[C@@H]3CNC(=O)[C@@H]4C[C@H](NC(=O)c5cnc(C)s5)CN34)o2)cc1. The second-order valence-corrected chi connectivity index (χ2v) is 9.43. The van der Waals surface area contributed by atoms with Gasteiger partial charge in [-0.3, -0.25) is 14.5 Å². The maximum absolute atomic E-state index is 12.6. The van der Waals surface area contributed by atoms with Crippen LogP contribution in [0.2, 0.25) is 0 Å². The van der Waals surface area contributed by atoms with Crippen LogP contribution < -0.4 is 15.4 Å². The van der Waals surface area contributed by atoms with E-state index in [1.54, 1.807) is 13.3 Å². The van der Waals surface area contributed by atoms with Crippen LogP contribution >= 0.6 is 11.3 Å². The van der Waals surface area contributed by atoms with Crippen molar-refractivity contribution < 1.29 is 18.7 Å². The zero-order valence-electron chi connectivity index (χ0n) is 18.3. The van der Waals surface area contributed by atoms with Gasteiger partial charge in [0, 0.05) is 37.2 Å². The van der Waals surface area contributed by atoms with Crippen molar-refractivity contribution in [1.29, 1.82) is 0 Å². The summed E-state index contributed by atoms with van der Waals surface area (Å²) in [7, 11) is 1.62. The molecular weight excluding hydrogens is 444 g/mol. The molecule has 0 aliphatic carbocycles. The Kier molecular flexibility index (Phi) is 5.81. The highest BCUT2D eigenvalue weighted by molar-refractivity contribution is 7.13. The number of benzene rings is 1.